The monoisotopic (exact) mass is 362 g/mol. The maximum absolute atomic E-state index is 12.3. The number of nitrogens with one attached hydrogen (secondary N) is 1. The fraction of sp³-hybridized carbons (Fsp3) is 0.136. The van der Waals surface area contributed by atoms with Crippen molar-refractivity contribution in [2.45, 2.75) is 11.3 Å². The van der Waals surface area contributed by atoms with Gasteiger partial charge in [-0.25, -0.2) is 0 Å². The van der Waals surface area contributed by atoms with Crippen LogP contribution in [0.1, 0.15) is 5.56 Å². The van der Waals surface area contributed by atoms with Crippen molar-refractivity contribution in [1.29, 1.82) is 0 Å². The van der Waals surface area contributed by atoms with Gasteiger partial charge in [0, 0.05) is 10.6 Å². The van der Waals surface area contributed by atoms with Gasteiger partial charge in [-0.05, 0) is 60.9 Å². The normalized spacial score (nSPS) is 10.7. The molecular weight excluding hydrogens is 340 g/mol. The van der Waals surface area contributed by atoms with Crippen LogP contribution in [0.2, 0.25) is 0 Å². The Bertz CT molecular complexity index is 861. The zero-order valence-electron chi connectivity index (χ0n) is 15.0. The van der Waals surface area contributed by atoms with E-state index < -0.39 is 0 Å². The fourth-order valence-electron chi connectivity index (χ4n) is 2.68. The molecule has 0 aromatic heterocycles. The molecule has 132 valence electrons. The van der Waals surface area contributed by atoms with Gasteiger partial charge in [0.25, 0.3) is 0 Å². The lowest BCUT2D eigenvalue weighted by Gasteiger charge is -2.11. The number of carbonyl (C=O) groups excluding carboxylic acids is 1. The predicted molar refractivity (Wildman–Crippen MR) is 110 cm³/mol. The first-order valence-corrected chi connectivity index (χ1v) is 9.27. The van der Waals surface area contributed by atoms with Crippen molar-refractivity contribution in [3.63, 3.8) is 0 Å². The zero-order valence-corrected chi connectivity index (χ0v) is 15.8. The van der Waals surface area contributed by atoms with Crippen LogP contribution in [0.3, 0.4) is 0 Å². The first kappa shape index (κ1) is 18.2. The maximum atomic E-state index is 12.3. The molecule has 3 rings (SSSR count). The highest BCUT2D eigenvalue weighted by molar-refractivity contribution is 7.97. The van der Waals surface area contributed by atoms with Crippen molar-refractivity contribution in [3.8, 4) is 11.1 Å². The fourth-order valence-corrected chi connectivity index (χ4v) is 3.42. The van der Waals surface area contributed by atoms with E-state index in [2.05, 4.69) is 29.6 Å². The Kier molecular flexibility index (Phi) is 6.10. The third kappa shape index (κ3) is 5.22. The SMILES string of the molecule is CN(C)Sc1cccc(NC(=O)Cc2ccc(-c3ccccc3)cc2)c1. The lowest BCUT2D eigenvalue weighted by atomic mass is 10.0. The highest BCUT2D eigenvalue weighted by Gasteiger charge is 2.06. The average Bonchev–Trinajstić information content (AvgIpc) is 2.63. The second kappa shape index (κ2) is 8.70. The number of rotatable bonds is 6. The van der Waals surface area contributed by atoms with Gasteiger partial charge < -0.3 is 5.32 Å². The zero-order chi connectivity index (χ0) is 18.4. The van der Waals surface area contributed by atoms with Gasteiger partial charge in [0.15, 0.2) is 0 Å². The molecule has 0 heterocycles. The molecule has 0 saturated heterocycles. The van der Waals surface area contributed by atoms with Crippen LogP contribution in [0, 0.1) is 0 Å². The first-order chi connectivity index (χ1) is 12.6. The summed E-state index contributed by atoms with van der Waals surface area (Å²) in [5.41, 5.74) is 4.16. The Morgan fingerprint density at radius 2 is 1.58 bits per heavy atom. The molecular formula is C22H22N2OS. The van der Waals surface area contributed by atoms with Crippen LogP contribution < -0.4 is 5.32 Å². The average molecular weight is 362 g/mol. The van der Waals surface area contributed by atoms with Crippen LogP contribution >= 0.6 is 11.9 Å². The molecule has 1 amide bonds. The molecule has 0 aliphatic heterocycles. The molecule has 4 heteroatoms. The minimum absolute atomic E-state index is 0.00976. The Morgan fingerprint density at radius 3 is 2.27 bits per heavy atom. The van der Waals surface area contributed by atoms with Crippen LogP contribution in [0.25, 0.3) is 11.1 Å². The van der Waals surface area contributed by atoms with Crippen LogP contribution in [-0.4, -0.2) is 24.3 Å². The number of hydrogen-bond acceptors (Lipinski definition) is 3. The summed E-state index contributed by atoms with van der Waals surface area (Å²) < 4.78 is 2.02. The molecule has 0 aliphatic rings. The Morgan fingerprint density at radius 1 is 0.885 bits per heavy atom. The van der Waals surface area contributed by atoms with E-state index in [4.69, 9.17) is 0 Å². The molecule has 26 heavy (non-hydrogen) atoms. The van der Waals surface area contributed by atoms with Gasteiger partial charge >= 0.3 is 0 Å². The summed E-state index contributed by atoms with van der Waals surface area (Å²) in [4.78, 5) is 13.4. The molecule has 0 radical (unpaired) electrons. The summed E-state index contributed by atoms with van der Waals surface area (Å²) in [5, 5.41) is 2.98. The Hall–Kier alpha value is -2.56. The van der Waals surface area contributed by atoms with Crippen molar-refractivity contribution in [2.24, 2.45) is 0 Å². The largest absolute Gasteiger partial charge is 0.326 e. The molecule has 0 bridgehead atoms. The summed E-state index contributed by atoms with van der Waals surface area (Å²) in [5.74, 6) is -0.00976. The first-order valence-electron chi connectivity index (χ1n) is 8.50. The molecule has 0 saturated carbocycles. The van der Waals surface area contributed by atoms with E-state index in [0.717, 1.165) is 21.7 Å². The number of benzene rings is 3. The molecule has 0 atom stereocenters. The van der Waals surface area contributed by atoms with Crippen molar-refractivity contribution >= 4 is 23.5 Å². The molecule has 0 spiro atoms. The van der Waals surface area contributed by atoms with Gasteiger partial charge in [-0.1, -0.05) is 60.7 Å². The summed E-state index contributed by atoms with van der Waals surface area (Å²) in [7, 11) is 3.99. The molecule has 0 unspecified atom stereocenters. The molecule has 3 nitrogen and oxygen atoms in total. The third-order valence-corrected chi connectivity index (χ3v) is 4.66. The van der Waals surface area contributed by atoms with E-state index in [9.17, 15) is 4.79 Å². The van der Waals surface area contributed by atoms with E-state index in [1.54, 1.807) is 11.9 Å². The van der Waals surface area contributed by atoms with Crippen LogP contribution in [0.15, 0.2) is 83.8 Å². The molecule has 3 aromatic carbocycles. The quantitative estimate of drug-likeness (QED) is 0.619. The summed E-state index contributed by atoms with van der Waals surface area (Å²) in [6, 6.07) is 26.3. The predicted octanol–water partition coefficient (Wildman–Crippen LogP) is 5.10. The van der Waals surface area contributed by atoms with Crippen molar-refractivity contribution < 1.29 is 4.79 Å². The topological polar surface area (TPSA) is 32.3 Å². The Balaban J connectivity index is 1.61. The van der Waals surface area contributed by atoms with Gasteiger partial charge in [-0.2, -0.15) is 0 Å². The summed E-state index contributed by atoms with van der Waals surface area (Å²) >= 11 is 1.63. The molecule has 1 N–H and O–H groups in total. The van der Waals surface area contributed by atoms with Gasteiger partial charge in [-0.15, -0.1) is 0 Å². The van der Waals surface area contributed by atoms with E-state index in [1.807, 2.05) is 73.0 Å². The smallest absolute Gasteiger partial charge is 0.228 e. The van der Waals surface area contributed by atoms with Crippen molar-refractivity contribution in [2.75, 3.05) is 19.4 Å². The Labute approximate surface area is 159 Å². The second-order valence-corrected chi connectivity index (χ2v) is 7.60. The number of amides is 1. The van der Waals surface area contributed by atoms with Gasteiger partial charge in [0.1, 0.15) is 0 Å². The van der Waals surface area contributed by atoms with Crippen LogP contribution in [-0.2, 0) is 11.2 Å². The van der Waals surface area contributed by atoms with Crippen LogP contribution in [0.4, 0.5) is 5.69 Å². The maximum Gasteiger partial charge on any atom is 0.228 e. The van der Waals surface area contributed by atoms with E-state index >= 15 is 0 Å². The van der Waals surface area contributed by atoms with Gasteiger partial charge in [0.2, 0.25) is 5.91 Å². The minimum Gasteiger partial charge on any atom is -0.326 e. The number of anilines is 1. The van der Waals surface area contributed by atoms with E-state index in [0.29, 0.717) is 6.42 Å². The van der Waals surface area contributed by atoms with Crippen LogP contribution in [0.5, 0.6) is 0 Å². The lowest BCUT2D eigenvalue weighted by Crippen LogP contribution is -2.14. The molecule has 0 fully saturated rings. The summed E-state index contributed by atoms with van der Waals surface area (Å²) in [6.07, 6.45) is 0.361. The third-order valence-electron chi connectivity index (χ3n) is 3.83. The summed E-state index contributed by atoms with van der Waals surface area (Å²) in [6.45, 7) is 0. The highest BCUT2D eigenvalue weighted by atomic mass is 32.2. The van der Waals surface area contributed by atoms with Crippen molar-refractivity contribution in [3.05, 3.63) is 84.4 Å². The van der Waals surface area contributed by atoms with Crippen molar-refractivity contribution in [1.82, 2.24) is 4.31 Å². The van der Waals surface area contributed by atoms with Gasteiger partial charge in [-0.3, -0.25) is 9.10 Å². The minimum atomic E-state index is -0.00976. The van der Waals surface area contributed by atoms with E-state index in [1.165, 1.54) is 5.56 Å². The standard InChI is InChI=1S/C22H22N2OS/c1-24(2)26-21-10-6-9-20(16-21)23-22(25)15-17-11-13-19(14-12-17)18-7-4-3-5-8-18/h3-14,16H,15H2,1-2H3,(H,23,25). The number of carbonyl (C=O) groups is 1. The molecule has 3 aromatic rings. The number of nitrogens with zero attached hydrogens (tertiary/aromatic N) is 1. The molecule has 0 aliphatic carbocycles. The highest BCUT2D eigenvalue weighted by Crippen LogP contribution is 2.23. The lowest BCUT2D eigenvalue weighted by molar-refractivity contribution is -0.115. The second-order valence-electron chi connectivity index (χ2n) is 6.22. The number of hydrogen-bond donors (Lipinski definition) is 1. The van der Waals surface area contributed by atoms with E-state index in [-0.39, 0.29) is 5.91 Å². The van der Waals surface area contributed by atoms with Gasteiger partial charge in [0.05, 0.1) is 6.42 Å².